The third kappa shape index (κ3) is 2.42. The SMILES string of the molecule is Oc1c(S)cccc1-c1ccc(S)c(S)c1S. The van der Waals surface area contributed by atoms with Gasteiger partial charge in [0.05, 0.1) is 0 Å². The molecule has 0 atom stereocenters. The number of rotatable bonds is 1. The zero-order chi connectivity index (χ0) is 12.6. The highest BCUT2D eigenvalue weighted by Crippen LogP contribution is 2.40. The van der Waals surface area contributed by atoms with E-state index in [2.05, 4.69) is 50.5 Å². The smallest absolute Gasteiger partial charge is 0.136 e. The molecule has 2 aromatic rings. The summed E-state index contributed by atoms with van der Waals surface area (Å²) in [6.07, 6.45) is 0. The molecule has 0 spiro atoms. The van der Waals surface area contributed by atoms with Crippen molar-refractivity contribution >= 4 is 50.5 Å². The lowest BCUT2D eigenvalue weighted by Crippen LogP contribution is -1.85. The zero-order valence-electron chi connectivity index (χ0n) is 8.62. The van der Waals surface area contributed by atoms with E-state index in [9.17, 15) is 5.11 Å². The van der Waals surface area contributed by atoms with Gasteiger partial charge in [-0.2, -0.15) is 0 Å². The summed E-state index contributed by atoms with van der Waals surface area (Å²) in [5, 5.41) is 9.98. The Kier molecular flexibility index (Phi) is 3.92. The molecular formula is C12H10OS4. The highest BCUT2D eigenvalue weighted by molar-refractivity contribution is 7.85. The van der Waals surface area contributed by atoms with Crippen molar-refractivity contribution < 1.29 is 5.11 Å². The summed E-state index contributed by atoms with van der Waals surface area (Å²) in [6, 6.07) is 9.05. The molecule has 0 heterocycles. The van der Waals surface area contributed by atoms with Crippen LogP contribution in [0.15, 0.2) is 49.9 Å². The van der Waals surface area contributed by atoms with Crippen LogP contribution in [0, 0.1) is 0 Å². The molecule has 0 aromatic heterocycles. The van der Waals surface area contributed by atoms with Crippen molar-refractivity contribution in [2.24, 2.45) is 0 Å². The topological polar surface area (TPSA) is 20.2 Å². The van der Waals surface area contributed by atoms with E-state index >= 15 is 0 Å². The fourth-order valence-electron chi connectivity index (χ4n) is 1.54. The molecule has 0 saturated heterocycles. The first kappa shape index (κ1) is 13.1. The third-order valence-corrected chi connectivity index (χ3v) is 4.45. The molecule has 5 heteroatoms. The lowest BCUT2D eigenvalue weighted by atomic mass is 10.0. The van der Waals surface area contributed by atoms with Crippen LogP contribution in [0.4, 0.5) is 0 Å². The zero-order valence-corrected chi connectivity index (χ0v) is 12.2. The van der Waals surface area contributed by atoms with Gasteiger partial charge in [-0.3, -0.25) is 0 Å². The normalized spacial score (nSPS) is 10.6. The molecule has 2 aromatic carbocycles. The monoisotopic (exact) mass is 298 g/mol. The largest absolute Gasteiger partial charge is 0.506 e. The van der Waals surface area contributed by atoms with Gasteiger partial charge in [-0.25, -0.2) is 0 Å². The van der Waals surface area contributed by atoms with Crippen LogP contribution in [0.1, 0.15) is 0 Å². The summed E-state index contributed by atoms with van der Waals surface area (Å²) >= 11 is 17.2. The minimum Gasteiger partial charge on any atom is -0.506 e. The Balaban J connectivity index is 2.69. The first-order valence-electron chi connectivity index (χ1n) is 4.77. The molecule has 1 N–H and O–H groups in total. The standard InChI is InChI=1S/C12H10OS4/c13-10-6(2-1-3-8(10)14)7-4-5-9(15)12(17)11(7)16/h1-5,13-17H. The Hall–Kier alpha value is -0.360. The van der Waals surface area contributed by atoms with Crippen molar-refractivity contribution in [3.05, 3.63) is 30.3 Å². The number of hydrogen-bond acceptors (Lipinski definition) is 5. The first-order valence-corrected chi connectivity index (χ1v) is 6.56. The van der Waals surface area contributed by atoms with Gasteiger partial charge in [-0.1, -0.05) is 18.2 Å². The molecule has 2 rings (SSSR count). The average molecular weight is 298 g/mol. The molecule has 0 amide bonds. The van der Waals surface area contributed by atoms with Crippen molar-refractivity contribution in [2.75, 3.05) is 0 Å². The lowest BCUT2D eigenvalue weighted by Gasteiger charge is -2.11. The van der Waals surface area contributed by atoms with Gasteiger partial charge in [0.25, 0.3) is 0 Å². The Labute approximate surface area is 122 Å². The second-order valence-electron chi connectivity index (χ2n) is 3.50. The number of hydrogen-bond donors (Lipinski definition) is 5. The number of para-hydroxylation sites is 1. The second-order valence-corrected chi connectivity index (χ2v) is 5.36. The van der Waals surface area contributed by atoms with E-state index in [-0.39, 0.29) is 5.75 Å². The van der Waals surface area contributed by atoms with Crippen LogP contribution < -0.4 is 0 Å². The molecule has 0 unspecified atom stereocenters. The van der Waals surface area contributed by atoms with E-state index in [0.29, 0.717) is 20.2 Å². The molecule has 0 aliphatic rings. The summed E-state index contributed by atoms with van der Waals surface area (Å²) in [4.78, 5) is 2.67. The second kappa shape index (κ2) is 5.10. The van der Waals surface area contributed by atoms with Gasteiger partial charge in [0, 0.05) is 25.1 Å². The van der Waals surface area contributed by atoms with Gasteiger partial charge in [-0.05, 0) is 17.7 Å². The quantitative estimate of drug-likeness (QED) is 0.500. The summed E-state index contributed by atoms with van der Waals surface area (Å²) < 4.78 is 0. The molecule has 1 nitrogen and oxygen atoms in total. The van der Waals surface area contributed by atoms with Gasteiger partial charge >= 0.3 is 0 Å². The van der Waals surface area contributed by atoms with Crippen LogP contribution >= 0.6 is 50.5 Å². The Morgan fingerprint density at radius 3 is 2.12 bits per heavy atom. The predicted molar refractivity (Wildman–Crippen MR) is 82.6 cm³/mol. The maximum absolute atomic E-state index is 9.98. The van der Waals surface area contributed by atoms with Crippen LogP contribution in [0.5, 0.6) is 5.75 Å². The Morgan fingerprint density at radius 2 is 1.41 bits per heavy atom. The van der Waals surface area contributed by atoms with E-state index in [1.165, 1.54) is 0 Å². The maximum Gasteiger partial charge on any atom is 0.136 e. The van der Waals surface area contributed by atoms with E-state index in [1.54, 1.807) is 6.07 Å². The summed E-state index contributed by atoms with van der Waals surface area (Å²) in [5.74, 6) is 0.144. The van der Waals surface area contributed by atoms with E-state index in [0.717, 1.165) is 10.5 Å². The molecule has 17 heavy (non-hydrogen) atoms. The van der Waals surface area contributed by atoms with E-state index in [1.807, 2.05) is 24.3 Å². The lowest BCUT2D eigenvalue weighted by molar-refractivity contribution is 0.464. The summed E-state index contributed by atoms with van der Waals surface area (Å²) in [7, 11) is 0. The van der Waals surface area contributed by atoms with Gasteiger partial charge in [0.2, 0.25) is 0 Å². The van der Waals surface area contributed by atoms with Crippen LogP contribution in [0.3, 0.4) is 0 Å². The van der Waals surface area contributed by atoms with Gasteiger partial charge in [-0.15, -0.1) is 50.5 Å². The van der Waals surface area contributed by atoms with Crippen molar-refractivity contribution in [1.82, 2.24) is 0 Å². The number of phenols is 1. The molecule has 0 radical (unpaired) electrons. The fraction of sp³-hybridized carbons (Fsp3) is 0. The average Bonchev–Trinajstić information content (AvgIpc) is 2.31. The van der Waals surface area contributed by atoms with Crippen molar-refractivity contribution in [2.45, 2.75) is 19.6 Å². The molecular weight excluding hydrogens is 288 g/mol. The van der Waals surface area contributed by atoms with Crippen molar-refractivity contribution in [1.29, 1.82) is 0 Å². The molecule has 88 valence electrons. The number of aromatic hydroxyl groups is 1. The highest BCUT2D eigenvalue weighted by atomic mass is 32.1. The van der Waals surface area contributed by atoms with Crippen molar-refractivity contribution in [3.63, 3.8) is 0 Å². The minimum absolute atomic E-state index is 0.144. The van der Waals surface area contributed by atoms with Gasteiger partial charge in [0.1, 0.15) is 5.75 Å². The molecule has 0 bridgehead atoms. The Morgan fingerprint density at radius 1 is 0.706 bits per heavy atom. The van der Waals surface area contributed by atoms with E-state index < -0.39 is 0 Å². The number of benzene rings is 2. The van der Waals surface area contributed by atoms with Crippen LogP contribution in [-0.4, -0.2) is 5.11 Å². The van der Waals surface area contributed by atoms with Gasteiger partial charge in [0.15, 0.2) is 0 Å². The summed E-state index contributed by atoms with van der Waals surface area (Å²) in [6.45, 7) is 0. The predicted octanol–water partition coefficient (Wildman–Crippen LogP) is 4.21. The molecule has 0 aliphatic carbocycles. The molecule has 0 fully saturated rings. The van der Waals surface area contributed by atoms with Gasteiger partial charge < -0.3 is 5.11 Å². The van der Waals surface area contributed by atoms with E-state index in [4.69, 9.17) is 0 Å². The number of phenolic OH excluding ortho intramolecular Hbond substituents is 1. The minimum atomic E-state index is 0.144. The summed E-state index contributed by atoms with van der Waals surface area (Å²) in [5.41, 5.74) is 1.50. The maximum atomic E-state index is 9.98. The third-order valence-electron chi connectivity index (χ3n) is 2.43. The Bertz CT molecular complexity index is 581. The molecule has 0 saturated carbocycles. The fourth-order valence-corrected chi connectivity index (χ4v) is 2.53. The van der Waals surface area contributed by atoms with Crippen LogP contribution in [0.25, 0.3) is 11.1 Å². The number of thiol groups is 4. The first-order chi connectivity index (χ1) is 8.02. The van der Waals surface area contributed by atoms with Crippen LogP contribution in [0.2, 0.25) is 0 Å². The molecule has 0 aliphatic heterocycles. The van der Waals surface area contributed by atoms with Crippen molar-refractivity contribution in [3.8, 4) is 16.9 Å². The highest BCUT2D eigenvalue weighted by Gasteiger charge is 2.12. The van der Waals surface area contributed by atoms with Crippen LogP contribution in [-0.2, 0) is 0 Å².